The first-order valence-corrected chi connectivity index (χ1v) is 8.41. The Morgan fingerprint density at radius 3 is 2.73 bits per heavy atom. The lowest BCUT2D eigenvalue weighted by Gasteiger charge is -2.25. The summed E-state index contributed by atoms with van der Waals surface area (Å²) in [4.78, 5) is 9.40. The first-order valence-electron chi connectivity index (χ1n) is 7.33. The third-order valence-electron chi connectivity index (χ3n) is 3.66. The van der Waals surface area contributed by atoms with Gasteiger partial charge in [0.25, 0.3) is 0 Å². The van der Waals surface area contributed by atoms with Crippen LogP contribution >= 0.6 is 22.6 Å². The standard InChI is InChI=1S/C16H12F4IN3O2/c1-25-15-11(21)4-5-12(23-15)14-22-13(7-26-24-14)8-2-3-10(17)9(6-8)16(18,19)20/h2-6,13H,7H2,1H3,(H,22,24). The molecule has 0 amide bonds. The SMILES string of the molecule is COc1nc(C2=NOCC(c3ccc(F)c(C(F)(F)F)c3)N2)ccc1I. The van der Waals surface area contributed by atoms with E-state index in [0.717, 1.165) is 15.7 Å². The van der Waals surface area contributed by atoms with Crippen LogP contribution in [0.5, 0.6) is 5.88 Å². The van der Waals surface area contributed by atoms with E-state index >= 15 is 0 Å². The molecule has 26 heavy (non-hydrogen) atoms. The van der Waals surface area contributed by atoms with Crippen LogP contribution in [0.25, 0.3) is 0 Å². The minimum atomic E-state index is -4.78. The van der Waals surface area contributed by atoms with Gasteiger partial charge < -0.3 is 14.9 Å². The summed E-state index contributed by atoms with van der Waals surface area (Å²) < 4.78 is 58.2. The Hall–Kier alpha value is -2.11. The molecule has 1 N–H and O–H groups in total. The Morgan fingerprint density at radius 1 is 1.27 bits per heavy atom. The number of hydrogen-bond acceptors (Lipinski definition) is 5. The molecule has 0 saturated heterocycles. The van der Waals surface area contributed by atoms with Crippen molar-refractivity contribution >= 4 is 28.4 Å². The maximum absolute atomic E-state index is 13.5. The quantitative estimate of drug-likeness (QED) is 0.535. The lowest BCUT2D eigenvalue weighted by molar-refractivity contribution is -0.140. The third-order valence-corrected chi connectivity index (χ3v) is 4.48. The van der Waals surface area contributed by atoms with Crippen LogP contribution in [0.3, 0.4) is 0 Å². The molecule has 3 rings (SSSR count). The molecule has 1 aromatic carbocycles. The Balaban J connectivity index is 1.88. The highest BCUT2D eigenvalue weighted by atomic mass is 127. The van der Waals surface area contributed by atoms with Crippen molar-refractivity contribution in [3.8, 4) is 5.88 Å². The molecule has 1 aliphatic heterocycles. The highest BCUT2D eigenvalue weighted by molar-refractivity contribution is 14.1. The van der Waals surface area contributed by atoms with Gasteiger partial charge in [-0.3, -0.25) is 0 Å². The number of hydrogen-bond donors (Lipinski definition) is 1. The largest absolute Gasteiger partial charge is 0.480 e. The van der Waals surface area contributed by atoms with Crippen molar-refractivity contribution in [2.75, 3.05) is 13.7 Å². The number of pyridine rings is 1. The van der Waals surface area contributed by atoms with Crippen LogP contribution < -0.4 is 10.1 Å². The molecule has 1 atom stereocenters. The topological polar surface area (TPSA) is 55.7 Å². The van der Waals surface area contributed by atoms with E-state index in [1.807, 2.05) is 0 Å². The lowest BCUT2D eigenvalue weighted by atomic mass is 10.0. The summed E-state index contributed by atoms with van der Waals surface area (Å²) in [6, 6.07) is 5.62. The smallest absolute Gasteiger partial charge is 0.419 e. The van der Waals surface area contributed by atoms with Gasteiger partial charge >= 0.3 is 6.18 Å². The number of nitrogens with one attached hydrogen (secondary N) is 1. The van der Waals surface area contributed by atoms with Gasteiger partial charge in [0.05, 0.1) is 22.3 Å². The second-order valence-corrected chi connectivity index (χ2v) is 6.52. The summed E-state index contributed by atoms with van der Waals surface area (Å²) in [5.74, 6) is -0.694. The molecule has 0 fully saturated rings. The first kappa shape index (κ1) is 18.7. The normalized spacial score (nSPS) is 17.2. The molecule has 0 spiro atoms. The van der Waals surface area contributed by atoms with E-state index in [9.17, 15) is 17.6 Å². The summed E-state index contributed by atoms with van der Waals surface area (Å²) in [6.07, 6.45) is -4.78. The van der Waals surface area contributed by atoms with Crippen molar-refractivity contribution in [2.24, 2.45) is 5.16 Å². The predicted octanol–water partition coefficient (Wildman–Crippen LogP) is 3.88. The zero-order valence-electron chi connectivity index (χ0n) is 13.3. The second-order valence-electron chi connectivity index (χ2n) is 5.36. The number of aromatic nitrogens is 1. The minimum Gasteiger partial charge on any atom is -0.480 e. The maximum atomic E-state index is 13.5. The highest BCUT2D eigenvalue weighted by Gasteiger charge is 2.35. The van der Waals surface area contributed by atoms with Crippen LogP contribution in [0.1, 0.15) is 22.9 Å². The molecule has 1 aromatic heterocycles. The molecule has 2 aromatic rings. The summed E-state index contributed by atoms with van der Waals surface area (Å²) in [6.45, 7) is -0.00602. The van der Waals surface area contributed by atoms with Crippen LogP contribution in [0.4, 0.5) is 17.6 Å². The van der Waals surface area contributed by atoms with Gasteiger partial charge in [-0.25, -0.2) is 9.37 Å². The highest BCUT2D eigenvalue weighted by Crippen LogP contribution is 2.33. The average Bonchev–Trinajstić information content (AvgIpc) is 2.61. The number of nitrogens with zero attached hydrogens (tertiary/aromatic N) is 2. The molecule has 5 nitrogen and oxygen atoms in total. The summed E-state index contributed by atoms with van der Waals surface area (Å²) >= 11 is 2.05. The predicted molar refractivity (Wildman–Crippen MR) is 93.3 cm³/mol. The fourth-order valence-electron chi connectivity index (χ4n) is 2.39. The fourth-order valence-corrected chi connectivity index (χ4v) is 2.91. The van der Waals surface area contributed by atoms with Gasteiger partial charge in [-0.2, -0.15) is 13.2 Å². The van der Waals surface area contributed by atoms with Crippen molar-refractivity contribution in [2.45, 2.75) is 12.2 Å². The van der Waals surface area contributed by atoms with Gasteiger partial charge in [0.15, 0.2) is 5.84 Å². The molecular weight excluding hydrogens is 469 g/mol. The van der Waals surface area contributed by atoms with Gasteiger partial charge in [-0.05, 0) is 52.4 Å². The molecule has 10 heteroatoms. The number of ether oxygens (including phenoxy) is 1. The van der Waals surface area contributed by atoms with E-state index in [4.69, 9.17) is 9.57 Å². The van der Waals surface area contributed by atoms with Gasteiger partial charge in [0.1, 0.15) is 18.1 Å². The monoisotopic (exact) mass is 481 g/mol. The third kappa shape index (κ3) is 3.84. The number of methoxy groups -OCH3 is 1. The van der Waals surface area contributed by atoms with E-state index < -0.39 is 23.6 Å². The molecule has 138 valence electrons. The number of benzene rings is 1. The molecule has 1 aliphatic rings. The number of alkyl halides is 3. The number of amidine groups is 1. The Labute approximate surface area is 159 Å². The second kappa shape index (κ2) is 7.25. The molecule has 0 bridgehead atoms. The Bertz CT molecular complexity index is 858. The molecular formula is C16H12F4IN3O2. The van der Waals surface area contributed by atoms with Gasteiger partial charge in [0.2, 0.25) is 5.88 Å². The molecule has 1 unspecified atom stereocenters. The van der Waals surface area contributed by atoms with Gasteiger partial charge in [-0.1, -0.05) is 11.2 Å². The summed E-state index contributed by atoms with van der Waals surface area (Å²) in [5.41, 5.74) is -0.691. The van der Waals surface area contributed by atoms with Crippen LogP contribution in [-0.4, -0.2) is 24.5 Å². The molecule has 0 saturated carbocycles. The van der Waals surface area contributed by atoms with Crippen LogP contribution in [0, 0.1) is 9.39 Å². The lowest BCUT2D eigenvalue weighted by Crippen LogP contribution is -2.36. The number of halogens is 5. The Kier molecular flexibility index (Phi) is 5.21. The first-order chi connectivity index (χ1) is 12.3. The van der Waals surface area contributed by atoms with Crippen molar-refractivity contribution in [3.63, 3.8) is 0 Å². The van der Waals surface area contributed by atoms with Crippen molar-refractivity contribution in [3.05, 3.63) is 56.5 Å². The molecule has 2 heterocycles. The van der Waals surface area contributed by atoms with Crippen molar-refractivity contribution in [1.82, 2.24) is 10.3 Å². The minimum absolute atomic E-state index is 0.00602. The van der Waals surface area contributed by atoms with Gasteiger partial charge in [0, 0.05) is 0 Å². The molecule has 0 radical (unpaired) electrons. The van der Waals surface area contributed by atoms with Gasteiger partial charge in [-0.15, -0.1) is 0 Å². The van der Waals surface area contributed by atoms with E-state index in [-0.39, 0.29) is 18.0 Å². The average molecular weight is 481 g/mol. The van der Waals surface area contributed by atoms with E-state index in [2.05, 4.69) is 38.0 Å². The molecule has 0 aliphatic carbocycles. The number of rotatable bonds is 3. The van der Waals surface area contributed by atoms with Crippen molar-refractivity contribution < 1.29 is 27.1 Å². The summed E-state index contributed by atoms with van der Waals surface area (Å²) in [7, 11) is 1.47. The fraction of sp³-hybridized carbons (Fsp3) is 0.250. The Morgan fingerprint density at radius 2 is 2.04 bits per heavy atom. The van der Waals surface area contributed by atoms with E-state index in [0.29, 0.717) is 11.6 Å². The zero-order chi connectivity index (χ0) is 18.9. The maximum Gasteiger partial charge on any atom is 0.419 e. The van der Waals surface area contributed by atoms with Crippen LogP contribution in [0.2, 0.25) is 0 Å². The summed E-state index contributed by atoms with van der Waals surface area (Å²) in [5, 5.41) is 6.83. The van der Waals surface area contributed by atoms with Crippen LogP contribution in [0.15, 0.2) is 35.5 Å². The van der Waals surface area contributed by atoms with E-state index in [1.165, 1.54) is 13.2 Å². The van der Waals surface area contributed by atoms with Crippen molar-refractivity contribution in [1.29, 1.82) is 0 Å². The van der Waals surface area contributed by atoms with Crippen LogP contribution in [-0.2, 0) is 11.0 Å². The van der Waals surface area contributed by atoms with E-state index in [1.54, 1.807) is 12.1 Å². The number of oxime groups is 1. The zero-order valence-corrected chi connectivity index (χ0v) is 15.4.